The first-order valence-corrected chi connectivity index (χ1v) is 12.0. The Hall–Kier alpha value is -0.420. The van der Waals surface area contributed by atoms with Crippen LogP contribution in [-0.2, 0) is 4.74 Å². The van der Waals surface area contributed by atoms with Gasteiger partial charge in [0.1, 0.15) is 6.10 Å². The van der Waals surface area contributed by atoms with Gasteiger partial charge in [-0.05, 0) is 12.2 Å². The van der Waals surface area contributed by atoms with Crippen molar-refractivity contribution >= 4 is 17.9 Å². The van der Waals surface area contributed by atoms with E-state index in [1.54, 1.807) is 11.8 Å². The summed E-state index contributed by atoms with van der Waals surface area (Å²) in [5.41, 5.74) is 0. The smallest absolute Gasteiger partial charge is 0.407 e. The van der Waals surface area contributed by atoms with Crippen LogP contribution in [0.1, 0.15) is 96.8 Å². The highest BCUT2D eigenvalue weighted by Gasteiger charge is 2.11. The first-order valence-electron chi connectivity index (χ1n) is 10.8. The summed E-state index contributed by atoms with van der Waals surface area (Å²) in [6.07, 6.45) is 18.4. The lowest BCUT2D eigenvalue weighted by molar-refractivity contribution is 0.0719. The number of hydrogen-bond donors (Lipinski definition) is 2. The molecule has 1 amide bonds. The van der Waals surface area contributed by atoms with Gasteiger partial charge in [-0.15, -0.1) is 0 Å². The van der Waals surface area contributed by atoms with Gasteiger partial charge in [-0.25, -0.2) is 4.79 Å². The van der Waals surface area contributed by atoms with Crippen LogP contribution in [0, 0.1) is 0 Å². The standard InChI is InChI=1S/C21H43NO3S/c1-3-4-5-6-7-8-9-10-11-12-13-14-15-16-17-26-19-20(18-23)25-21(24)22-2/h20,23H,3-19H2,1-2H3,(H,22,24). The maximum atomic E-state index is 11.1. The van der Waals surface area contributed by atoms with Crippen molar-refractivity contribution in [2.45, 2.75) is 103 Å². The fraction of sp³-hybridized carbons (Fsp3) is 0.952. The van der Waals surface area contributed by atoms with Crippen LogP contribution in [-0.4, -0.2) is 42.5 Å². The lowest BCUT2D eigenvalue weighted by Crippen LogP contribution is -2.30. The third-order valence-corrected chi connectivity index (χ3v) is 5.81. The maximum Gasteiger partial charge on any atom is 0.407 e. The minimum absolute atomic E-state index is 0.112. The van der Waals surface area contributed by atoms with Gasteiger partial charge in [-0.1, -0.05) is 90.4 Å². The molecule has 0 heterocycles. The molecule has 0 aromatic carbocycles. The van der Waals surface area contributed by atoms with Gasteiger partial charge in [0.05, 0.1) is 6.61 Å². The van der Waals surface area contributed by atoms with Gasteiger partial charge in [0, 0.05) is 12.8 Å². The van der Waals surface area contributed by atoms with Crippen LogP contribution in [0.2, 0.25) is 0 Å². The SMILES string of the molecule is CCCCCCCCCCCCCCCCSCC(CO)OC(=O)NC. The van der Waals surface area contributed by atoms with Crippen molar-refractivity contribution in [3.8, 4) is 0 Å². The van der Waals surface area contributed by atoms with Crippen LogP contribution >= 0.6 is 11.8 Å². The van der Waals surface area contributed by atoms with Crippen molar-refractivity contribution < 1.29 is 14.6 Å². The quantitative estimate of drug-likeness (QED) is 0.269. The number of rotatable bonds is 19. The first-order chi connectivity index (χ1) is 12.7. The molecule has 0 rings (SSSR count). The number of aliphatic hydroxyl groups is 1. The summed E-state index contributed by atoms with van der Waals surface area (Å²) in [6.45, 7) is 2.16. The van der Waals surface area contributed by atoms with E-state index in [2.05, 4.69) is 12.2 Å². The van der Waals surface area contributed by atoms with Gasteiger partial charge < -0.3 is 15.2 Å². The van der Waals surface area contributed by atoms with Gasteiger partial charge in [0.2, 0.25) is 0 Å². The van der Waals surface area contributed by atoms with Crippen LogP contribution < -0.4 is 5.32 Å². The third kappa shape index (κ3) is 18.4. The lowest BCUT2D eigenvalue weighted by Gasteiger charge is -2.14. The fourth-order valence-electron chi connectivity index (χ4n) is 2.95. The van der Waals surface area contributed by atoms with Crippen molar-refractivity contribution in [3.05, 3.63) is 0 Å². The van der Waals surface area contributed by atoms with Gasteiger partial charge in [-0.3, -0.25) is 0 Å². The molecule has 4 nitrogen and oxygen atoms in total. The summed E-state index contributed by atoms with van der Waals surface area (Å²) in [5.74, 6) is 1.74. The molecule has 0 aliphatic carbocycles. The molecule has 1 atom stereocenters. The Morgan fingerprint density at radius 2 is 1.35 bits per heavy atom. The van der Waals surface area contributed by atoms with E-state index in [9.17, 15) is 9.90 Å². The van der Waals surface area contributed by atoms with Crippen molar-refractivity contribution in [1.82, 2.24) is 5.32 Å². The minimum atomic E-state index is -0.471. The molecule has 2 N–H and O–H groups in total. The minimum Gasteiger partial charge on any atom is -0.443 e. The Morgan fingerprint density at radius 3 is 1.77 bits per heavy atom. The highest BCUT2D eigenvalue weighted by atomic mass is 32.2. The molecule has 156 valence electrons. The molecule has 26 heavy (non-hydrogen) atoms. The Labute approximate surface area is 166 Å². The number of carbonyl (C=O) groups excluding carboxylic acids is 1. The Bertz CT molecular complexity index is 303. The van der Waals surface area contributed by atoms with Crippen LogP contribution in [0.5, 0.6) is 0 Å². The number of alkyl carbamates (subject to hydrolysis) is 1. The van der Waals surface area contributed by atoms with Crippen molar-refractivity contribution in [2.75, 3.05) is 25.2 Å². The summed E-state index contributed by atoms with van der Waals surface area (Å²) in [4.78, 5) is 11.1. The molecular formula is C21H43NO3S. The van der Waals surface area contributed by atoms with Crippen LogP contribution in [0.15, 0.2) is 0 Å². The summed E-state index contributed by atoms with van der Waals surface area (Å²) >= 11 is 1.76. The number of nitrogens with one attached hydrogen (secondary N) is 1. The molecule has 0 bridgehead atoms. The molecule has 0 aliphatic rings. The predicted molar refractivity (Wildman–Crippen MR) is 114 cm³/mol. The molecule has 0 fully saturated rings. The van der Waals surface area contributed by atoms with Crippen LogP contribution in [0.4, 0.5) is 4.79 Å². The predicted octanol–water partition coefficient (Wildman–Crippen LogP) is 5.92. The number of unbranched alkanes of at least 4 members (excludes halogenated alkanes) is 13. The van der Waals surface area contributed by atoms with E-state index in [-0.39, 0.29) is 6.61 Å². The van der Waals surface area contributed by atoms with E-state index in [4.69, 9.17) is 4.74 Å². The van der Waals surface area contributed by atoms with E-state index >= 15 is 0 Å². The van der Waals surface area contributed by atoms with Gasteiger partial charge in [0.25, 0.3) is 0 Å². The number of thioether (sulfide) groups is 1. The molecule has 5 heteroatoms. The van der Waals surface area contributed by atoms with E-state index in [1.165, 1.54) is 96.9 Å². The van der Waals surface area contributed by atoms with E-state index in [0.29, 0.717) is 5.75 Å². The number of hydrogen-bond acceptors (Lipinski definition) is 4. The maximum absolute atomic E-state index is 11.1. The molecule has 0 saturated heterocycles. The fourth-order valence-corrected chi connectivity index (χ4v) is 3.96. The number of amides is 1. The van der Waals surface area contributed by atoms with Gasteiger partial charge in [0.15, 0.2) is 0 Å². The first kappa shape index (κ1) is 25.6. The van der Waals surface area contributed by atoms with Gasteiger partial charge in [-0.2, -0.15) is 11.8 Å². The summed E-state index contributed by atoms with van der Waals surface area (Å²) in [6, 6.07) is 0. The summed E-state index contributed by atoms with van der Waals surface area (Å²) < 4.78 is 5.05. The molecule has 0 aromatic heterocycles. The van der Waals surface area contributed by atoms with Crippen molar-refractivity contribution in [2.24, 2.45) is 0 Å². The molecular weight excluding hydrogens is 346 g/mol. The topological polar surface area (TPSA) is 58.6 Å². The van der Waals surface area contributed by atoms with Gasteiger partial charge >= 0.3 is 6.09 Å². The molecule has 0 saturated carbocycles. The average Bonchev–Trinajstić information content (AvgIpc) is 2.66. The highest BCUT2D eigenvalue weighted by Crippen LogP contribution is 2.14. The largest absolute Gasteiger partial charge is 0.443 e. The summed E-state index contributed by atoms with van der Waals surface area (Å²) in [5, 5.41) is 11.6. The van der Waals surface area contributed by atoms with E-state index in [0.717, 1.165) is 5.75 Å². The van der Waals surface area contributed by atoms with E-state index < -0.39 is 12.2 Å². The van der Waals surface area contributed by atoms with E-state index in [1.807, 2.05) is 0 Å². The number of ether oxygens (including phenoxy) is 1. The molecule has 0 aromatic rings. The zero-order chi connectivity index (χ0) is 19.3. The van der Waals surface area contributed by atoms with Crippen molar-refractivity contribution in [1.29, 1.82) is 0 Å². The van der Waals surface area contributed by atoms with Crippen LogP contribution in [0.25, 0.3) is 0 Å². The Balaban J connectivity index is 3.20. The summed E-state index contributed by atoms with van der Waals surface area (Å²) in [7, 11) is 1.53. The van der Waals surface area contributed by atoms with Crippen LogP contribution in [0.3, 0.4) is 0 Å². The second-order valence-electron chi connectivity index (χ2n) is 7.13. The lowest BCUT2D eigenvalue weighted by atomic mass is 10.0. The molecule has 0 spiro atoms. The number of aliphatic hydroxyl groups excluding tert-OH is 1. The molecule has 0 radical (unpaired) electrons. The zero-order valence-corrected chi connectivity index (χ0v) is 18.1. The Morgan fingerprint density at radius 1 is 0.885 bits per heavy atom. The third-order valence-electron chi connectivity index (χ3n) is 4.63. The Kier molecular flexibility index (Phi) is 20.5. The average molecular weight is 390 g/mol. The molecule has 0 aliphatic heterocycles. The second kappa shape index (κ2) is 20.9. The zero-order valence-electron chi connectivity index (χ0n) is 17.3. The van der Waals surface area contributed by atoms with Crippen molar-refractivity contribution in [3.63, 3.8) is 0 Å². The normalized spacial score (nSPS) is 12.1. The number of carbonyl (C=O) groups is 1. The monoisotopic (exact) mass is 389 g/mol. The second-order valence-corrected chi connectivity index (χ2v) is 8.28. The highest BCUT2D eigenvalue weighted by molar-refractivity contribution is 7.99. The molecule has 1 unspecified atom stereocenters.